The van der Waals surface area contributed by atoms with Crippen molar-refractivity contribution in [1.82, 2.24) is 25.1 Å². The fraction of sp³-hybridized carbons (Fsp3) is 0.667. The Bertz CT molecular complexity index is 542. The van der Waals surface area contributed by atoms with Gasteiger partial charge in [-0.05, 0) is 18.0 Å². The molecule has 0 bridgehead atoms. The second kappa shape index (κ2) is 6.00. The molecule has 1 fully saturated rings. The minimum atomic E-state index is 0.378. The molecule has 0 aliphatic carbocycles. The van der Waals surface area contributed by atoms with E-state index in [0.29, 0.717) is 24.9 Å². The van der Waals surface area contributed by atoms with Gasteiger partial charge in [0.1, 0.15) is 6.54 Å². The maximum absolute atomic E-state index is 5.50. The highest BCUT2D eigenvalue weighted by molar-refractivity contribution is 5.27. The normalized spacial score (nSPS) is 16.4. The van der Waals surface area contributed by atoms with Crippen LogP contribution in [0.25, 0.3) is 0 Å². The van der Waals surface area contributed by atoms with Gasteiger partial charge in [-0.15, -0.1) is 5.10 Å². The Labute approximate surface area is 116 Å². The number of rotatable bonds is 4. The van der Waals surface area contributed by atoms with Crippen LogP contribution in [0.3, 0.4) is 0 Å². The fourth-order valence-corrected chi connectivity index (χ4v) is 2.36. The lowest BCUT2D eigenvalue weighted by Gasteiger charge is -2.16. The molecule has 108 valence electrons. The lowest BCUT2D eigenvalue weighted by molar-refractivity contribution is 0.363. The molecule has 0 aromatic carbocycles. The van der Waals surface area contributed by atoms with E-state index in [0.717, 1.165) is 18.8 Å². The lowest BCUT2D eigenvalue weighted by Crippen LogP contribution is -2.25. The Kier molecular flexibility index (Phi) is 3.91. The Morgan fingerprint density at radius 1 is 1.20 bits per heavy atom. The van der Waals surface area contributed by atoms with Gasteiger partial charge in [-0.3, -0.25) is 0 Å². The van der Waals surface area contributed by atoms with Crippen molar-refractivity contribution >= 4 is 5.95 Å². The largest absolute Gasteiger partial charge is 0.338 e. The number of nitrogens with zero attached hydrogens (tertiary/aromatic N) is 6. The summed E-state index contributed by atoms with van der Waals surface area (Å²) in [5.74, 6) is 1.22. The quantitative estimate of drug-likeness (QED) is 0.871. The van der Waals surface area contributed by atoms with Crippen molar-refractivity contribution < 1.29 is 4.52 Å². The zero-order chi connectivity index (χ0) is 13.8. The molecule has 2 aromatic rings. The van der Waals surface area contributed by atoms with E-state index in [9.17, 15) is 0 Å². The molecule has 1 aliphatic rings. The van der Waals surface area contributed by atoms with Crippen molar-refractivity contribution in [3.63, 3.8) is 0 Å². The van der Waals surface area contributed by atoms with E-state index in [1.807, 2.05) is 0 Å². The predicted octanol–water partition coefficient (Wildman–Crippen LogP) is 0.548. The smallest absolute Gasteiger partial charge is 0.266 e. The summed E-state index contributed by atoms with van der Waals surface area (Å²) in [7, 11) is 0. The zero-order valence-corrected chi connectivity index (χ0v) is 11.4. The van der Waals surface area contributed by atoms with Crippen molar-refractivity contribution in [2.45, 2.75) is 38.8 Å². The minimum absolute atomic E-state index is 0.378. The van der Waals surface area contributed by atoms with Gasteiger partial charge in [0, 0.05) is 19.6 Å². The van der Waals surface area contributed by atoms with Crippen LogP contribution in [-0.4, -0.2) is 38.2 Å². The molecule has 3 heterocycles. The molecule has 20 heavy (non-hydrogen) atoms. The van der Waals surface area contributed by atoms with Gasteiger partial charge in [-0.1, -0.05) is 18.1 Å². The first-order valence-electron chi connectivity index (χ1n) is 7.02. The molecule has 0 amide bonds. The molecule has 3 rings (SSSR count). The van der Waals surface area contributed by atoms with Crippen molar-refractivity contribution in [3.05, 3.63) is 17.8 Å². The summed E-state index contributed by atoms with van der Waals surface area (Å²) in [4.78, 5) is 6.62. The average molecular weight is 277 g/mol. The van der Waals surface area contributed by atoms with E-state index in [1.165, 1.54) is 25.7 Å². The molecular weight excluding hydrogens is 258 g/mol. The molecule has 2 aromatic heterocycles. The lowest BCUT2D eigenvalue weighted by atomic mass is 10.2. The van der Waals surface area contributed by atoms with E-state index < -0.39 is 0 Å². The molecular formula is C12H19N7O. The summed E-state index contributed by atoms with van der Waals surface area (Å²) >= 11 is 0. The van der Waals surface area contributed by atoms with Gasteiger partial charge in [0.25, 0.3) is 5.95 Å². The van der Waals surface area contributed by atoms with Crippen molar-refractivity contribution in [2.75, 3.05) is 18.0 Å². The number of hydrogen-bond acceptors (Lipinski definition) is 7. The third-order valence-corrected chi connectivity index (χ3v) is 3.44. The van der Waals surface area contributed by atoms with Crippen molar-refractivity contribution in [1.29, 1.82) is 0 Å². The summed E-state index contributed by atoms with van der Waals surface area (Å²) in [5.41, 5.74) is 6.25. The molecule has 1 aliphatic heterocycles. The van der Waals surface area contributed by atoms with Crippen molar-refractivity contribution in [3.8, 4) is 0 Å². The Morgan fingerprint density at radius 3 is 2.70 bits per heavy atom. The van der Waals surface area contributed by atoms with Crippen LogP contribution in [0.2, 0.25) is 0 Å². The number of aromatic nitrogens is 5. The van der Waals surface area contributed by atoms with E-state index in [2.05, 4.69) is 25.4 Å². The predicted molar refractivity (Wildman–Crippen MR) is 72.0 cm³/mol. The Morgan fingerprint density at radius 2 is 2.00 bits per heavy atom. The summed E-state index contributed by atoms with van der Waals surface area (Å²) in [6.45, 7) is 2.80. The van der Waals surface area contributed by atoms with Crippen LogP contribution >= 0.6 is 0 Å². The summed E-state index contributed by atoms with van der Waals surface area (Å²) in [6, 6.07) is 0. The van der Waals surface area contributed by atoms with Gasteiger partial charge in [0.15, 0.2) is 0 Å². The average Bonchev–Trinajstić information content (AvgIpc) is 3.02. The Balaban J connectivity index is 1.66. The minimum Gasteiger partial charge on any atom is -0.338 e. The highest BCUT2D eigenvalue weighted by Gasteiger charge is 2.16. The van der Waals surface area contributed by atoms with E-state index in [1.54, 1.807) is 10.9 Å². The first kappa shape index (κ1) is 13.0. The molecule has 0 unspecified atom stereocenters. The highest BCUT2D eigenvalue weighted by atomic mass is 16.5. The molecule has 1 saturated heterocycles. The van der Waals surface area contributed by atoms with Gasteiger partial charge in [-0.25, -0.2) is 4.68 Å². The molecule has 2 N–H and O–H groups in total. The third kappa shape index (κ3) is 2.96. The maximum atomic E-state index is 5.50. The first-order chi connectivity index (χ1) is 9.85. The van der Waals surface area contributed by atoms with Gasteiger partial charge in [0.05, 0.1) is 11.9 Å². The van der Waals surface area contributed by atoms with E-state index in [-0.39, 0.29) is 0 Å². The summed E-state index contributed by atoms with van der Waals surface area (Å²) < 4.78 is 6.94. The third-order valence-electron chi connectivity index (χ3n) is 3.44. The van der Waals surface area contributed by atoms with E-state index in [4.69, 9.17) is 10.3 Å². The molecule has 0 saturated carbocycles. The molecule has 0 atom stereocenters. The van der Waals surface area contributed by atoms with Crippen molar-refractivity contribution in [2.24, 2.45) is 5.73 Å². The number of anilines is 1. The topological polar surface area (TPSA) is 98.9 Å². The van der Waals surface area contributed by atoms with Crippen LogP contribution < -0.4 is 10.6 Å². The SMILES string of the molecule is NCc1cn(Cc2nc(N3CCCCCC3)no2)nn1. The summed E-state index contributed by atoms with van der Waals surface area (Å²) in [5, 5.41) is 12.0. The van der Waals surface area contributed by atoms with E-state index >= 15 is 0 Å². The molecule has 0 spiro atoms. The second-order valence-corrected chi connectivity index (χ2v) is 5.00. The maximum Gasteiger partial charge on any atom is 0.266 e. The highest BCUT2D eigenvalue weighted by Crippen LogP contribution is 2.16. The second-order valence-electron chi connectivity index (χ2n) is 5.00. The first-order valence-corrected chi connectivity index (χ1v) is 7.02. The van der Waals surface area contributed by atoms with Crippen LogP contribution in [-0.2, 0) is 13.1 Å². The Hall–Kier alpha value is -1.96. The van der Waals surface area contributed by atoms with Crippen LogP contribution in [0.4, 0.5) is 5.95 Å². The molecule has 8 nitrogen and oxygen atoms in total. The number of nitrogens with two attached hydrogens (primary N) is 1. The standard InChI is InChI=1S/C12H19N7O/c13-7-10-8-19(17-15-10)9-11-14-12(16-20-11)18-5-3-1-2-4-6-18/h8H,1-7,9,13H2. The molecule has 8 heteroatoms. The summed E-state index contributed by atoms with van der Waals surface area (Å²) in [6.07, 6.45) is 6.72. The fourth-order valence-electron chi connectivity index (χ4n) is 2.36. The van der Waals surface area contributed by atoms with Gasteiger partial charge < -0.3 is 15.2 Å². The number of hydrogen-bond donors (Lipinski definition) is 1. The zero-order valence-electron chi connectivity index (χ0n) is 11.4. The van der Waals surface area contributed by atoms with Crippen LogP contribution in [0.15, 0.2) is 10.7 Å². The monoisotopic (exact) mass is 277 g/mol. The van der Waals surface area contributed by atoms with Crippen LogP contribution in [0.1, 0.15) is 37.3 Å². The van der Waals surface area contributed by atoms with Crippen LogP contribution in [0.5, 0.6) is 0 Å². The van der Waals surface area contributed by atoms with Gasteiger partial charge in [-0.2, -0.15) is 4.98 Å². The van der Waals surface area contributed by atoms with Gasteiger partial charge >= 0.3 is 0 Å². The van der Waals surface area contributed by atoms with Crippen LogP contribution in [0, 0.1) is 0 Å². The molecule has 0 radical (unpaired) electrons. The van der Waals surface area contributed by atoms with Gasteiger partial charge in [0.2, 0.25) is 5.89 Å².